The van der Waals surface area contributed by atoms with Gasteiger partial charge in [-0.25, -0.2) is 0 Å². The Kier molecular flexibility index (Phi) is 3.68. The van der Waals surface area contributed by atoms with E-state index in [1.807, 2.05) is 29.9 Å². The molecule has 1 aliphatic rings. The highest BCUT2D eigenvalue weighted by Crippen LogP contribution is 2.42. The lowest BCUT2D eigenvalue weighted by Crippen LogP contribution is -2.27. The summed E-state index contributed by atoms with van der Waals surface area (Å²) in [5, 5.41) is 8.42. The van der Waals surface area contributed by atoms with Crippen LogP contribution in [0.2, 0.25) is 5.02 Å². The van der Waals surface area contributed by atoms with Crippen molar-refractivity contribution in [3.05, 3.63) is 46.7 Å². The molecule has 20 heavy (non-hydrogen) atoms. The Morgan fingerprint density at radius 1 is 1.50 bits per heavy atom. The quantitative estimate of drug-likeness (QED) is 0.941. The molecule has 1 aromatic carbocycles. The largest absolute Gasteiger partial charge is 0.493 e. The van der Waals surface area contributed by atoms with Gasteiger partial charge in [-0.15, -0.1) is 0 Å². The second kappa shape index (κ2) is 5.46. The van der Waals surface area contributed by atoms with Crippen LogP contribution < -0.4 is 10.1 Å². The third kappa shape index (κ3) is 2.09. The van der Waals surface area contributed by atoms with Gasteiger partial charge in [0.15, 0.2) is 0 Å². The summed E-state index contributed by atoms with van der Waals surface area (Å²) in [4.78, 5) is 0. The first-order valence-corrected chi connectivity index (χ1v) is 7.24. The predicted molar refractivity (Wildman–Crippen MR) is 79.4 cm³/mol. The van der Waals surface area contributed by atoms with E-state index in [9.17, 15) is 0 Å². The van der Waals surface area contributed by atoms with E-state index in [0.29, 0.717) is 11.6 Å². The van der Waals surface area contributed by atoms with Crippen LogP contribution in [0.15, 0.2) is 30.5 Å². The molecular formula is C15H18ClN3O. The third-order valence-electron chi connectivity index (χ3n) is 3.88. The number of benzene rings is 1. The molecule has 0 amide bonds. The Bertz CT molecular complexity index is 611. The average molecular weight is 292 g/mol. The number of aryl methyl sites for hydroxylation is 1. The standard InChI is InChI=1S/C15H18ClN3O/c1-3-19-15(12(16)8-18-19)14(17-2)11-9-20-13-7-5-4-6-10(11)13/h4-8,11,14,17H,3,9H2,1-2H3. The van der Waals surface area contributed by atoms with Gasteiger partial charge in [-0.05, 0) is 20.0 Å². The third-order valence-corrected chi connectivity index (χ3v) is 4.17. The number of likely N-dealkylation sites (N-methyl/N-ethyl adjacent to an activating group) is 1. The summed E-state index contributed by atoms with van der Waals surface area (Å²) in [6.07, 6.45) is 1.71. The molecule has 4 nitrogen and oxygen atoms in total. The lowest BCUT2D eigenvalue weighted by molar-refractivity contribution is 0.299. The molecule has 2 heterocycles. The fourth-order valence-electron chi connectivity index (χ4n) is 2.92. The lowest BCUT2D eigenvalue weighted by Gasteiger charge is -2.23. The van der Waals surface area contributed by atoms with Crippen molar-refractivity contribution >= 4 is 11.6 Å². The molecule has 0 saturated carbocycles. The van der Waals surface area contributed by atoms with E-state index < -0.39 is 0 Å². The van der Waals surface area contributed by atoms with Crippen LogP contribution in [-0.4, -0.2) is 23.4 Å². The van der Waals surface area contributed by atoms with Crippen molar-refractivity contribution in [3.63, 3.8) is 0 Å². The molecule has 2 aromatic rings. The van der Waals surface area contributed by atoms with E-state index >= 15 is 0 Å². The fraction of sp³-hybridized carbons (Fsp3) is 0.400. The van der Waals surface area contributed by atoms with Crippen molar-refractivity contribution in [1.29, 1.82) is 0 Å². The zero-order chi connectivity index (χ0) is 14.1. The highest BCUT2D eigenvalue weighted by atomic mass is 35.5. The van der Waals surface area contributed by atoms with Gasteiger partial charge in [-0.2, -0.15) is 5.10 Å². The first-order valence-electron chi connectivity index (χ1n) is 6.86. The van der Waals surface area contributed by atoms with Crippen LogP contribution in [0.5, 0.6) is 5.75 Å². The van der Waals surface area contributed by atoms with Gasteiger partial charge in [-0.1, -0.05) is 29.8 Å². The number of rotatable bonds is 4. The van der Waals surface area contributed by atoms with Crippen LogP contribution in [0.1, 0.15) is 30.1 Å². The molecule has 0 radical (unpaired) electrons. The minimum absolute atomic E-state index is 0.0913. The maximum atomic E-state index is 6.34. The fourth-order valence-corrected chi connectivity index (χ4v) is 3.18. The molecule has 1 N–H and O–H groups in total. The Labute approximate surface area is 123 Å². The molecule has 2 atom stereocenters. The highest BCUT2D eigenvalue weighted by Gasteiger charge is 2.34. The number of hydrogen-bond acceptors (Lipinski definition) is 3. The van der Waals surface area contributed by atoms with Gasteiger partial charge in [0.25, 0.3) is 0 Å². The van der Waals surface area contributed by atoms with Gasteiger partial charge in [0.05, 0.1) is 29.6 Å². The summed E-state index contributed by atoms with van der Waals surface area (Å²) in [7, 11) is 1.95. The first kappa shape index (κ1) is 13.5. The van der Waals surface area contributed by atoms with Gasteiger partial charge >= 0.3 is 0 Å². The maximum Gasteiger partial charge on any atom is 0.122 e. The molecule has 2 unspecified atom stereocenters. The lowest BCUT2D eigenvalue weighted by atomic mass is 9.91. The van der Waals surface area contributed by atoms with Crippen molar-refractivity contribution < 1.29 is 4.74 Å². The maximum absolute atomic E-state index is 6.34. The molecular weight excluding hydrogens is 274 g/mol. The van der Waals surface area contributed by atoms with E-state index in [1.54, 1.807) is 6.20 Å². The van der Waals surface area contributed by atoms with Crippen LogP contribution in [0.3, 0.4) is 0 Å². The van der Waals surface area contributed by atoms with Crippen molar-refractivity contribution in [1.82, 2.24) is 15.1 Å². The van der Waals surface area contributed by atoms with Gasteiger partial charge in [-0.3, -0.25) is 4.68 Å². The molecule has 106 valence electrons. The number of nitrogens with zero attached hydrogens (tertiary/aromatic N) is 2. The zero-order valence-corrected chi connectivity index (χ0v) is 12.4. The summed E-state index contributed by atoms with van der Waals surface area (Å²) < 4.78 is 7.74. The smallest absolute Gasteiger partial charge is 0.122 e. The van der Waals surface area contributed by atoms with Crippen LogP contribution in [-0.2, 0) is 6.54 Å². The molecule has 5 heteroatoms. The summed E-state index contributed by atoms with van der Waals surface area (Å²) in [6, 6.07) is 8.28. The second-order valence-electron chi connectivity index (χ2n) is 4.92. The minimum Gasteiger partial charge on any atom is -0.493 e. The van der Waals surface area contributed by atoms with Crippen LogP contribution in [0.4, 0.5) is 0 Å². The average Bonchev–Trinajstić information content (AvgIpc) is 3.06. The van der Waals surface area contributed by atoms with Crippen molar-refractivity contribution in [2.45, 2.75) is 25.4 Å². The number of aromatic nitrogens is 2. The number of fused-ring (bicyclic) bond motifs is 1. The zero-order valence-electron chi connectivity index (χ0n) is 11.6. The Morgan fingerprint density at radius 2 is 2.30 bits per heavy atom. The van der Waals surface area contributed by atoms with Gasteiger partial charge in [0.1, 0.15) is 5.75 Å². The van der Waals surface area contributed by atoms with Crippen LogP contribution in [0.25, 0.3) is 0 Å². The Balaban J connectivity index is 2.01. The van der Waals surface area contributed by atoms with Crippen molar-refractivity contribution in [3.8, 4) is 5.75 Å². The van der Waals surface area contributed by atoms with E-state index in [2.05, 4.69) is 23.4 Å². The van der Waals surface area contributed by atoms with Gasteiger partial charge < -0.3 is 10.1 Å². The number of hydrogen-bond donors (Lipinski definition) is 1. The SMILES string of the molecule is CCn1ncc(Cl)c1C(NC)C1COc2ccccc21. The highest BCUT2D eigenvalue weighted by molar-refractivity contribution is 6.31. The number of halogens is 1. The monoisotopic (exact) mass is 291 g/mol. The molecule has 0 spiro atoms. The van der Waals surface area contributed by atoms with E-state index in [0.717, 1.165) is 18.0 Å². The summed E-state index contributed by atoms with van der Waals surface area (Å²) in [5.41, 5.74) is 2.26. The summed E-state index contributed by atoms with van der Waals surface area (Å²) >= 11 is 6.34. The normalized spacial score (nSPS) is 18.6. The van der Waals surface area contributed by atoms with E-state index in [-0.39, 0.29) is 12.0 Å². The van der Waals surface area contributed by atoms with Gasteiger partial charge in [0.2, 0.25) is 0 Å². The van der Waals surface area contributed by atoms with Gasteiger partial charge in [0, 0.05) is 18.0 Å². The first-order chi connectivity index (χ1) is 9.76. The molecule has 1 aromatic heterocycles. The summed E-state index contributed by atoms with van der Waals surface area (Å²) in [5.74, 6) is 1.21. The molecule has 0 bridgehead atoms. The van der Waals surface area contributed by atoms with E-state index in [4.69, 9.17) is 16.3 Å². The number of para-hydroxylation sites is 1. The molecule has 0 fully saturated rings. The number of ether oxygens (including phenoxy) is 1. The van der Waals surface area contributed by atoms with Crippen LogP contribution in [0, 0.1) is 0 Å². The molecule has 3 rings (SSSR count). The Hall–Kier alpha value is -1.52. The van der Waals surface area contributed by atoms with Crippen LogP contribution >= 0.6 is 11.6 Å². The van der Waals surface area contributed by atoms with E-state index in [1.165, 1.54) is 5.56 Å². The molecule has 0 saturated heterocycles. The number of nitrogens with one attached hydrogen (secondary N) is 1. The topological polar surface area (TPSA) is 39.1 Å². The van der Waals surface area contributed by atoms with Crippen molar-refractivity contribution in [2.24, 2.45) is 0 Å². The minimum atomic E-state index is 0.0913. The van der Waals surface area contributed by atoms with Crippen molar-refractivity contribution in [2.75, 3.05) is 13.7 Å². The second-order valence-corrected chi connectivity index (χ2v) is 5.32. The predicted octanol–water partition coefficient (Wildman–Crippen LogP) is 2.99. The Morgan fingerprint density at radius 3 is 3.05 bits per heavy atom. The summed E-state index contributed by atoms with van der Waals surface area (Å²) in [6.45, 7) is 3.53. The molecule has 1 aliphatic heterocycles. The molecule has 0 aliphatic carbocycles.